The first-order valence-electron chi connectivity index (χ1n) is 11.0. The molecule has 0 N–H and O–H groups in total. The third-order valence-electron chi connectivity index (χ3n) is 5.94. The van der Waals surface area contributed by atoms with Crippen LogP contribution >= 0.6 is 0 Å². The number of aryl methyl sites for hydroxylation is 2. The Morgan fingerprint density at radius 3 is 2.42 bits per heavy atom. The molecule has 7 heteroatoms. The highest BCUT2D eigenvalue weighted by molar-refractivity contribution is 7.89. The summed E-state index contributed by atoms with van der Waals surface area (Å²) < 4.78 is 29.6. The first-order valence-corrected chi connectivity index (χ1v) is 12.4. The van der Waals surface area contributed by atoms with Crippen molar-refractivity contribution in [2.45, 2.75) is 56.9 Å². The molecule has 164 valence electrons. The van der Waals surface area contributed by atoms with Crippen molar-refractivity contribution in [1.29, 1.82) is 0 Å². The van der Waals surface area contributed by atoms with Gasteiger partial charge < -0.3 is 0 Å². The molecule has 0 saturated carbocycles. The van der Waals surface area contributed by atoms with E-state index in [0.29, 0.717) is 29.6 Å². The average Bonchev–Trinajstić information content (AvgIpc) is 3.16. The van der Waals surface area contributed by atoms with Crippen LogP contribution in [-0.4, -0.2) is 40.6 Å². The average molecular weight is 439 g/mol. The van der Waals surface area contributed by atoms with Gasteiger partial charge in [-0.15, -0.1) is 0 Å². The van der Waals surface area contributed by atoms with E-state index in [1.165, 1.54) is 11.1 Å². The summed E-state index contributed by atoms with van der Waals surface area (Å²) in [7, 11) is -3.51. The molecule has 1 fully saturated rings. The van der Waals surface area contributed by atoms with Crippen LogP contribution in [0.5, 0.6) is 0 Å². The van der Waals surface area contributed by atoms with Gasteiger partial charge in [-0.1, -0.05) is 43.3 Å². The Balaban J connectivity index is 1.39. The van der Waals surface area contributed by atoms with E-state index in [4.69, 9.17) is 4.98 Å². The Hall–Kier alpha value is -2.51. The molecule has 6 nitrogen and oxygen atoms in total. The molecule has 0 atom stereocenters. The summed E-state index contributed by atoms with van der Waals surface area (Å²) in [6, 6.07) is 14.6. The summed E-state index contributed by atoms with van der Waals surface area (Å²) in [5.74, 6) is 0.293. The van der Waals surface area contributed by atoms with E-state index in [-0.39, 0.29) is 0 Å². The Bertz CT molecular complexity index is 1100. The molecule has 1 aromatic carbocycles. The number of benzene rings is 1. The second kappa shape index (κ2) is 9.32. The summed E-state index contributed by atoms with van der Waals surface area (Å²) in [6.45, 7) is 5.58. The van der Waals surface area contributed by atoms with Gasteiger partial charge in [0, 0.05) is 43.6 Å². The highest BCUT2D eigenvalue weighted by Gasteiger charge is 2.32. The van der Waals surface area contributed by atoms with Crippen LogP contribution in [0.3, 0.4) is 0 Å². The van der Waals surface area contributed by atoms with Crippen LogP contribution in [0.2, 0.25) is 0 Å². The minimum absolute atomic E-state index is 0.293. The van der Waals surface area contributed by atoms with E-state index >= 15 is 0 Å². The monoisotopic (exact) mass is 438 g/mol. The Morgan fingerprint density at radius 1 is 1.03 bits per heavy atom. The molecule has 2 aromatic heterocycles. The number of piperidine rings is 1. The molecule has 1 saturated heterocycles. The molecule has 31 heavy (non-hydrogen) atoms. The lowest BCUT2D eigenvalue weighted by atomic mass is 9.93. The summed E-state index contributed by atoms with van der Waals surface area (Å²) in [5, 5.41) is 4.36. The highest BCUT2D eigenvalue weighted by atomic mass is 32.2. The van der Waals surface area contributed by atoms with Crippen molar-refractivity contribution >= 4 is 10.0 Å². The zero-order valence-corrected chi connectivity index (χ0v) is 19.1. The zero-order chi connectivity index (χ0) is 21.8. The van der Waals surface area contributed by atoms with Crippen molar-refractivity contribution in [2.75, 3.05) is 13.1 Å². The van der Waals surface area contributed by atoms with Crippen LogP contribution in [0.15, 0.2) is 59.8 Å². The van der Waals surface area contributed by atoms with Crippen LogP contribution in [0.4, 0.5) is 0 Å². The van der Waals surface area contributed by atoms with Crippen molar-refractivity contribution in [2.24, 2.45) is 0 Å². The number of aromatic nitrogens is 3. The van der Waals surface area contributed by atoms with Crippen LogP contribution in [0.1, 0.15) is 54.6 Å². The highest BCUT2D eigenvalue weighted by Crippen LogP contribution is 2.30. The van der Waals surface area contributed by atoms with Gasteiger partial charge in [-0.2, -0.15) is 9.40 Å². The predicted molar refractivity (Wildman–Crippen MR) is 121 cm³/mol. The number of sulfonamides is 1. The smallest absolute Gasteiger partial charge is 0.246 e. The minimum atomic E-state index is -3.51. The van der Waals surface area contributed by atoms with E-state index in [1.54, 1.807) is 22.1 Å². The summed E-state index contributed by atoms with van der Waals surface area (Å²) >= 11 is 0. The SMILES string of the molecule is CCCn1cc(S(=O)(=O)N2CCC(c3ccc(Cc4ccccc4)cn3)CC2)c(C)n1. The molecule has 0 spiro atoms. The van der Waals surface area contributed by atoms with E-state index in [9.17, 15) is 8.42 Å². The van der Waals surface area contributed by atoms with Crippen LogP contribution in [-0.2, 0) is 23.0 Å². The van der Waals surface area contributed by atoms with Crippen molar-refractivity contribution in [3.63, 3.8) is 0 Å². The fourth-order valence-corrected chi connectivity index (χ4v) is 5.88. The minimum Gasteiger partial charge on any atom is -0.271 e. The molecule has 1 aliphatic heterocycles. The lowest BCUT2D eigenvalue weighted by Gasteiger charge is -2.30. The van der Waals surface area contributed by atoms with Crippen molar-refractivity contribution in [3.05, 3.63) is 77.4 Å². The molecule has 4 rings (SSSR count). The molecule has 3 heterocycles. The van der Waals surface area contributed by atoms with Gasteiger partial charge in [0.1, 0.15) is 4.90 Å². The Kier molecular flexibility index (Phi) is 6.53. The standard InChI is InChI=1S/C24H30N4O2S/c1-3-13-27-18-24(19(2)26-27)31(29,30)28-14-11-22(12-15-28)23-10-9-21(17-25-23)16-20-7-5-4-6-8-20/h4-10,17-18,22H,3,11-16H2,1-2H3. The quantitative estimate of drug-likeness (QED) is 0.556. The van der Waals surface area contributed by atoms with Gasteiger partial charge >= 0.3 is 0 Å². The summed E-state index contributed by atoms with van der Waals surface area (Å²) in [4.78, 5) is 5.04. The molecule has 1 aliphatic rings. The zero-order valence-electron chi connectivity index (χ0n) is 18.2. The fraction of sp³-hybridized carbons (Fsp3) is 0.417. The number of nitrogens with zero attached hydrogens (tertiary/aromatic N) is 4. The lowest BCUT2D eigenvalue weighted by molar-refractivity contribution is 0.316. The van der Waals surface area contributed by atoms with E-state index in [2.05, 4.69) is 48.4 Å². The second-order valence-corrected chi connectivity index (χ2v) is 10.2. The van der Waals surface area contributed by atoms with E-state index in [1.807, 2.05) is 12.3 Å². The first kappa shape index (κ1) is 21.7. The third-order valence-corrected chi connectivity index (χ3v) is 7.94. The van der Waals surface area contributed by atoms with Gasteiger partial charge in [-0.25, -0.2) is 8.42 Å². The van der Waals surface area contributed by atoms with E-state index in [0.717, 1.165) is 37.9 Å². The molecular weight excluding hydrogens is 408 g/mol. The molecular formula is C24H30N4O2S. The molecule has 0 bridgehead atoms. The largest absolute Gasteiger partial charge is 0.271 e. The summed E-state index contributed by atoms with van der Waals surface area (Å²) in [6.07, 6.45) is 6.99. The number of pyridine rings is 1. The first-order chi connectivity index (χ1) is 15.0. The number of hydrogen-bond donors (Lipinski definition) is 0. The van der Waals surface area contributed by atoms with Gasteiger partial charge in [-0.3, -0.25) is 9.67 Å². The molecule has 0 amide bonds. The Morgan fingerprint density at radius 2 is 1.77 bits per heavy atom. The molecule has 0 unspecified atom stereocenters. The third kappa shape index (κ3) is 4.88. The fourth-order valence-electron chi connectivity index (χ4n) is 4.24. The van der Waals surface area contributed by atoms with E-state index < -0.39 is 10.0 Å². The van der Waals surface area contributed by atoms with Crippen molar-refractivity contribution in [3.8, 4) is 0 Å². The molecule has 0 radical (unpaired) electrons. The molecule has 0 aliphatic carbocycles. The predicted octanol–water partition coefficient (Wildman–Crippen LogP) is 4.16. The summed E-state index contributed by atoms with van der Waals surface area (Å²) in [5.41, 5.74) is 4.09. The maximum absolute atomic E-state index is 13.1. The maximum Gasteiger partial charge on any atom is 0.246 e. The van der Waals surface area contributed by atoms with Gasteiger partial charge in [0.25, 0.3) is 0 Å². The van der Waals surface area contributed by atoms with Gasteiger partial charge in [0.15, 0.2) is 0 Å². The topological polar surface area (TPSA) is 68.1 Å². The van der Waals surface area contributed by atoms with Crippen LogP contribution in [0, 0.1) is 6.92 Å². The number of hydrogen-bond acceptors (Lipinski definition) is 4. The van der Waals surface area contributed by atoms with Gasteiger partial charge in [0.05, 0.1) is 5.69 Å². The maximum atomic E-state index is 13.1. The van der Waals surface area contributed by atoms with Crippen molar-refractivity contribution < 1.29 is 8.42 Å². The van der Waals surface area contributed by atoms with Crippen LogP contribution < -0.4 is 0 Å². The normalized spacial score (nSPS) is 15.9. The van der Waals surface area contributed by atoms with Crippen LogP contribution in [0.25, 0.3) is 0 Å². The second-order valence-electron chi connectivity index (χ2n) is 8.27. The van der Waals surface area contributed by atoms with Gasteiger partial charge in [-0.05, 0) is 49.8 Å². The lowest BCUT2D eigenvalue weighted by Crippen LogP contribution is -2.38. The van der Waals surface area contributed by atoms with Gasteiger partial charge in [0.2, 0.25) is 10.0 Å². The van der Waals surface area contributed by atoms with Crippen molar-refractivity contribution in [1.82, 2.24) is 19.1 Å². The Labute approximate surface area is 185 Å². The molecule has 3 aromatic rings. The number of rotatable bonds is 7.